The normalized spacial score (nSPS) is 10.4. The summed E-state index contributed by atoms with van der Waals surface area (Å²) >= 11 is 0. The Morgan fingerprint density at radius 3 is 2.58 bits per heavy atom. The zero-order valence-corrected chi connectivity index (χ0v) is 6.82. The maximum atomic E-state index is 10.4. The predicted molar refractivity (Wildman–Crippen MR) is 48.2 cm³/mol. The standard InChI is InChI=1S/C10H10O2/c1-2-4-8-5-3-6-9(7-11)10(8)12/h2-7,12H,1H3/b4-2+. The van der Waals surface area contributed by atoms with E-state index in [0.29, 0.717) is 17.4 Å². The number of phenols is 1. The molecule has 62 valence electrons. The van der Waals surface area contributed by atoms with Crippen LogP contribution in [0.2, 0.25) is 0 Å². The van der Waals surface area contributed by atoms with E-state index >= 15 is 0 Å². The van der Waals surface area contributed by atoms with Crippen LogP contribution in [0.3, 0.4) is 0 Å². The highest BCUT2D eigenvalue weighted by Gasteiger charge is 2.01. The Balaban J connectivity index is 3.22. The highest BCUT2D eigenvalue weighted by atomic mass is 16.3. The largest absolute Gasteiger partial charge is 0.507 e. The smallest absolute Gasteiger partial charge is 0.153 e. The molecule has 0 aromatic heterocycles. The van der Waals surface area contributed by atoms with Gasteiger partial charge < -0.3 is 5.11 Å². The van der Waals surface area contributed by atoms with Gasteiger partial charge in [-0.15, -0.1) is 0 Å². The van der Waals surface area contributed by atoms with E-state index in [0.717, 1.165) is 0 Å². The highest BCUT2D eigenvalue weighted by molar-refractivity contribution is 5.81. The fourth-order valence-corrected chi connectivity index (χ4v) is 0.989. The molecule has 0 radical (unpaired) electrons. The molecule has 0 fully saturated rings. The van der Waals surface area contributed by atoms with Crippen LogP contribution < -0.4 is 0 Å². The molecule has 2 nitrogen and oxygen atoms in total. The second-order valence-electron chi connectivity index (χ2n) is 2.40. The van der Waals surface area contributed by atoms with Gasteiger partial charge in [0.1, 0.15) is 5.75 Å². The average molecular weight is 162 g/mol. The molecule has 1 aromatic rings. The average Bonchev–Trinajstić information content (AvgIpc) is 2.09. The van der Waals surface area contributed by atoms with E-state index in [1.54, 1.807) is 24.3 Å². The molecule has 1 N–H and O–H groups in total. The van der Waals surface area contributed by atoms with E-state index in [1.807, 2.05) is 13.0 Å². The van der Waals surface area contributed by atoms with Gasteiger partial charge in [0.2, 0.25) is 0 Å². The van der Waals surface area contributed by atoms with Crippen LogP contribution in [-0.2, 0) is 0 Å². The number of carbonyl (C=O) groups excluding carboxylic acids is 1. The molecule has 1 aromatic carbocycles. The van der Waals surface area contributed by atoms with Crippen molar-refractivity contribution < 1.29 is 9.90 Å². The third-order valence-electron chi connectivity index (χ3n) is 1.57. The van der Waals surface area contributed by atoms with E-state index in [2.05, 4.69) is 0 Å². The molecular formula is C10H10O2. The number of para-hydroxylation sites is 1. The number of carbonyl (C=O) groups is 1. The van der Waals surface area contributed by atoms with E-state index in [-0.39, 0.29) is 5.75 Å². The van der Waals surface area contributed by atoms with E-state index in [9.17, 15) is 9.90 Å². The Bertz CT molecular complexity index is 314. The number of phenolic OH excluding ortho intramolecular Hbond substituents is 1. The first kappa shape index (κ1) is 8.53. The lowest BCUT2D eigenvalue weighted by atomic mass is 10.1. The Labute approximate surface area is 71.2 Å². The highest BCUT2D eigenvalue weighted by Crippen LogP contribution is 2.21. The monoisotopic (exact) mass is 162 g/mol. The lowest BCUT2D eigenvalue weighted by Crippen LogP contribution is -1.83. The van der Waals surface area contributed by atoms with Gasteiger partial charge >= 0.3 is 0 Å². The van der Waals surface area contributed by atoms with Gasteiger partial charge in [0, 0.05) is 5.56 Å². The summed E-state index contributed by atoms with van der Waals surface area (Å²) < 4.78 is 0. The number of aldehydes is 1. The van der Waals surface area contributed by atoms with E-state index in [1.165, 1.54) is 0 Å². The zero-order chi connectivity index (χ0) is 8.97. The maximum absolute atomic E-state index is 10.4. The van der Waals surface area contributed by atoms with Crippen molar-refractivity contribution in [3.05, 3.63) is 35.4 Å². The molecule has 0 aliphatic heterocycles. The van der Waals surface area contributed by atoms with Gasteiger partial charge in [-0.3, -0.25) is 4.79 Å². The second-order valence-corrected chi connectivity index (χ2v) is 2.40. The van der Waals surface area contributed by atoms with Crippen molar-refractivity contribution in [2.75, 3.05) is 0 Å². The molecule has 0 amide bonds. The van der Waals surface area contributed by atoms with Crippen LogP contribution in [0.5, 0.6) is 5.75 Å². The SMILES string of the molecule is C/C=C/c1cccc(C=O)c1O. The van der Waals surface area contributed by atoms with Crippen LogP contribution in [-0.4, -0.2) is 11.4 Å². The minimum Gasteiger partial charge on any atom is -0.507 e. The van der Waals surface area contributed by atoms with Gasteiger partial charge in [-0.1, -0.05) is 24.3 Å². The van der Waals surface area contributed by atoms with Crippen molar-refractivity contribution in [1.29, 1.82) is 0 Å². The minimum absolute atomic E-state index is 0.0469. The maximum Gasteiger partial charge on any atom is 0.153 e. The first-order valence-electron chi connectivity index (χ1n) is 3.69. The predicted octanol–water partition coefficient (Wildman–Crippen LogP) is 2.24. The zero-order valence-electron chi connectivity index (χ0n) is 6.82. The van der Waals surface area contributed by atoms with E-state index in [4.69, 9.17) is 0 Å². The Hall–Kier alpha value is -1.57. The molecule has 0 bridgehead atoms. The number of aromatic hydroxyl groups is 1. The van der Waals surface area contributed by atoms with Crippen molar-refractivity contribution >= 4 is 12.4 Å². The van der Waals surface area contributed by atoms with Crippen molar-refractivity contribution in [3.8, 4) is 5.75 Å². The van der Waals surface area contributed by atoms with Crippen molar-refractivity contribution in [3.63, 3.8) is 0 Å². The van der Waals surface area contributed by atoms with Gasteiger partial charge in [0.25, 0.3) is 0 Å². The molecule has 0 heterocycles. The molecule has 12 heavy (non-hydrogen) atoms. The molecule has 0 atom stereocenters. The topological polar surface area (TPSA) is 37.3 Å². The summed E-state index contributed by atoms with van der Waals surface area (Å²) in [6.45, 7) is 1.85. The first-order chi connectivity index (χ1) is 5.79. The summed E-state index contributed by atoms with van der Waals surface area (Å²) in [4.78, 5) is 10.4. The molecule has 0 unspecified atom stereocenters. The molecule has 2 heteroatoms. The molecule has 0 aliphatic carbocycles. The summed E-state index contributed by atoms with van der Waals surface area (Å²) in [6.07, 6.45) is 4.20. The molecule has 0 spiro atoms. The summed E-state index contributed by atoms with van der Waals surface area (Å²) in [5.41, 5.74) is 0.993. The van der Waals surface area contributed by atoms with Gasteiger partial charge in [0.15, 0.2) is 6.29 Å². The van der Waals surface area contributed by atoms with Crippen LogP contribution in [0, 0.1) is 0 Å². The van der Waals surface area contributed by atoms with Gasteiger partial charge in [-0.25, -0.2) is 0 Å². The third-order valence-corrected chi connectivity index (χ3v) is 1.57. The lowest BCUT2D eigenvalue weighted by molar-refractivity contribution is 0.112. The fourth-order valence-electron chi connectivity index (χ4n) is 0.989. The van der Waals surface area contributed by atoms with E-state index < -0.39 is 0 Å². The number of hydrogen-bond acceptors (Lipinski definition) is 2. The Morgan fingerprint density at radius 2 is 2.00 bits per heavy atom. The molecular weight excluding hydrogens is 152 g/mol. The molecule has 0 aliphatic rings. The number of hydrogen-bond donors (Lipinski definition) is 1. The third kappa shape index (κ3) is 1.53. The van der Waals surface area contributed by atoms with Gasteiger partial charge in [0.05, 0.1) is 5.56 Å². The Morgan fingerprint density at radius 1 is 1.33 bits per heavy atom. The molecule has 1 rings (SSSR count). The summed E-state index contributed by atoms with van der Waals surface area (Å²) in [7, 11) is 0. The fraction of sp³-hybridized carbons (Fsp3) is 0.100. The van der Waals surface area contributed by atoms with Crippen molar-refractivity contribution in [2.24, 2.45) is 0 Å². The molecule has 0 saturated heterocycles. The second kappa shape index (κ2) is 3.72. The van der Waals surface area contributed by atoms with Gasteiger partial charge in [-0.05, 0) is 13.0 Å². The number of allylic oxidation sites excluding steroid dienone is 1. The first-order valence-corrected chi connectivity index (χ1v) is 3.69. The molecule has 0 saturated carbocycles. The quantitative estimate of drug-likeness (QED) is 0.677. The summed E-state index contributed by atoms with van der Waals surface area (Å²) in [5.74, 6) is 0.0469. The lowest BCUT2D eigenvalue weighted by Gasteiger charge is -2.00. The van der Waals surface area contributed by atoms with Crippen molar-refractivity contribution in [1.82, 2.24) is 0 Å². The summed E-state index contributed by atoms with van der Waals surface area (Å²) in [6, 6.07) is 5.07. The van der Waals surface area contributed by atoms with Crippen LogP contribution in [0.15, 0.2) is 24.3 Å². The number of rotatable bonds is 2. The van der Waals surface area contributed by atoms with Crippen LogP contribution >= 0.6 is 0 Å². The van der Waals surface area contributed by atoms with Crippen LogP contribution in [0.1, 0.15) is 22.8 Å². The summed E-state index contributed by atoms with van der Waals surface area (Å²) in [5, 5.41) is 9.44. The van der Waals surface area contributed by atoms with Crippen molar-refractivity contribution in [2.45, 2.75) is 6.92 Å². The van der Waals surface area contributed by atoms with Crippen LogP contribution in [0.4, 0.5) is 0 Å². The van der Waals surface area contributed by atoms with Crippen LogP contribution in [0.25, 0.3) is 6.08 Å². The minimum atomic E-state index is 0.0469. The number of benzene rings is 1. The van der Waals surface area contributed by atoms with Gasteiger partial charge in [-0.2, -0.15) is 0 Å². The Kier molecular flexibility index (Phi) is 2.64.